The molecule has 2 aliphatic heterocycles. The van der Waals surface area contributed by atoms with Gasteiger partial charge in [-0.2, -0.15) is 0 Å². The minimum Gasteiger partial charge on any atom is -0.384 e. The highest BCUT2D eigenvalue weighted by atomic mass is 16.7. The van der Waals surface area contributed by atoms with Crippen molar-refractivity contribution >= 4 is 11.5 Å². The number of anilines is 2. The van der Waals surface area contributed by atoms with Crippen molar-refractivity contribution in [3.8, 4) is 0 Å². The topological polar surface area (TPSA) is 60.6 Å². The molecule has 0 aromatic carbocycles. The minimum absolute atomic E-state index is 0.308. The van der Waals surface area contributed by atoms with Crippen LogP contribution in [0.3, 0.4) is 0 Å². The summed E-state index contributed by atoms with van der Waals surface area (Å²) in [5.74, 6) is 0.252. The van der Waals surface area contributed by atoms with Gasteiger partial charge in [0.1, 0.15) is 5.82 Å². The Morgan fingerprint density at radius 3 is 2.47 bits per heavy atom. The number of ether oxygens (including phenoxy) is 2. The fourth-order valence-electron chi connectivity index (χ4n) is 2.48. The van der Waals surface area contributed by atoms with Gasteiger partial charge < -0.3 is 20.1 Å². The van der Waals surface area contributed by atoms with Crippen molar-refractivity contribution < 1.29 is 9.47 Å². The third-order valence-corrected chi connectivity index (χ3v) is 3.47. The third-order valence-electron chi connectivity index (χ3n) is 3.47. The van der Waals surface area contributed by atoms with E-state index in [4.69, 9.17) is 15.2 Å². The van der Waals surface area contributed by atoms with Gasteiger partial charge in [-0.1, -0.05) is 0 Å². The molecule has 2 saturated heterocycles. The number of piperidine rings is 1. The van der Waals surface area contributed by atoms with E-state index < -0.39 is 0 Å². The van der Waals surface area contributed by atoms with Crippen molar-refractivity contribution in [3.05, 3.63) is 18.3 Å². The Kier molecular flexibility index (Phi) is 2.64. The Bertz CT molecular complexity index is 377. The van der Waals surface area contributed by atoms with E-state index in [9.17, 15) is 0 Å². The first-order valence-electron chi connectivity index (χ1n) is 6.02. The largest absolute Gasteiger partial charge is 0.384 e. The summed E-state index contributed by atoms with van der Waals surface area (Å²) in [5.41, 5.74) is 6.70. The normalized spacial score (nSPS) is 23.2. The van der Waals surface area contributed by atoms with E-state index in [1.807, 2.05) is 18.3 Å². The van der Waals surface area contributed by atoms with Crippen LogP contribution in [0, 0.1) is 0 Å². The van der Waals surface area contributed by atoms with Crippen molar-refractivity contribution in [3.63, 3.8) is 0 Å². The summed E-state index contributed by atoms with van der Waals surface area (Å²) in [6.07, 6.45) is 3.65. The summed E-state index contributed by atoms with van der Waals surface area (Å²) in [6, 6.07) is 3.85. The first-order chi connectivity index (χ1) is 8.27. The standard InChI is InChI=1S/C12H17N3O2/c13-11-2-1-10(9-14-11)15-5-3-12(4-6-15)16-7-8-17-12/h1-2,9H,3-8H2,(H2,13,14). The van der Waals surface area contributed by atoms with Crippen LogP contribution in [-0.4, -0.2) is 37.1 Å². The molecule has 2 aliphatic rings. The summed E-state index contributed by atoms with van der Waals surface area (Å²) in [4.78, 5) is 6.41. The Labute approximate surface area is 101 Å². The SMILES string of the molecule is Nc1ccc(N2CCC3(CC2)OCCO3)cn1. The van der Waals surface area contributed by atoms with Crippen molar-refractivity contribution in [1.29, 1.82) is 0 Å². The van der Waals surface area contributed by atoms with Crippen LogP contribution < -0.4 is 10.6 Å². The molecule has 1 spiro atoms. The predicted octanol–water partition coefficient (Wildman–Crippen LogP) is 1.01. The summed E-state index contributed by atoms with van der Waals surface area (Å²) >= 11 is 0. The molecular formula is C12H17N3O2. The highest BCUT2D eigenvalue weighted by Crippen LogP contribution is 2.32. The van der Waals surface area contributed by atoms with Gasteiger partial charge in [0.05, 0.1) is 25.1 Å². The molecular weight excluding hydrogens is 218 g/mol. The zero-order valence-corrected chi connectivity index (χ0v) is 9.76. The molecule has 17 heavy (non-hydrogen) atoms. The lowest BCUT2D eigenvalue weighted by Crippen LogP contribution is -2.45. The van der Waals surface area contributed by atoms with Crippen LogP contribution in [0.25, 0.3) is 0 Å². The van der Waals surface area contributed by atoms with Gasteiger partial charge in [-0.15, -0.1) is 0 Å². The fraction of sp³-hybridized carbons (Fsp3) is 0.583. The third kappa shape index (κ3) is 2.08. The molecule has 0 radical (unpaired) electrons. The lowest BCUT2D eigenvalue weighted by Gasteiger charge is -2.38. The molecule has 2 fully saturated rings. The number of pyridine rings is 1. The molecule has 5 heteroatoms. The van der Waals surface area contributed by atoms with Gasteiger partial charge in [-0.25, -0.2) is 4.98 Å². The number of nitrogen functional groups attached to an aromatic ring is 1. The molecule has 0 aliphatic carbocycles. The van der Waals surface area contributed by atoms with E-state index in [1.54, 1.807) is 0 Å². The van der Waals surface area contributed by atoms with E-state index in [1.165, 1.54) is 0 Å². The second-order valence-electron chi connectivity index (χ2n) is 4.54. The average Bonchev–Trinajstić information content (AvgIpc) is 2.80. The van der Waals surface area contributed by atoms with Gasteiger partial charge >= 0.3 is 0 Å². The van der Waals surface area contributed by atoms with E-state index in [0.29, 0.717) is 5.82 Å². The minimum atomic E-state index is -0.308. The van der Waals surface area contributed by atoms with Gasteiger partial charge in [0.15, 0.2) is 5.79 Å². The first kappa shape index (κ1) is 10.8. The van der Waals surface area contributed by atoms with E-state index >= 15 is 0 Å². The van der Waals surface area contributed by atoms with E-state index in [-0.39, 0.29) is 5.79 Å². The Morgan fingerprint density at radius 2 is 1.88 bits per heavy atom. The number of rotatable bonds is 1. The second-order valence-corrected chi connectivity index (χ2v) is 4.54. The van der Waals surface area contributed by atoms with Crippen LogP contribution in [0.5, 0.6) is 0 Å². The molecule has 0 atom stereocenters. The van der Waals surface area contributed by atoms with Crippen LogP contribution in [0.15, 0.2) is 18.3 Å². The maximum absolute atomic E-state index is 5.70. The van der Waals surface area contributed by atoms with Crippen molar-refractivity contribution in [2.45, 2.75) is 18.6 Å². The van der Waals surface area contributed by atoms with Crippen molar-refractivity contribution in [2.75, 3.05) is 36.9 Å². The van der Waals surface area contributed by atoms with Crippen LogP contribution in [0.2, 0.25) is 0 Å². The molecule has 2 N–H and O–H groups in total. The van der Waals surface area contributed by atoms with Crippen LogP contribution in [0.4, 0.5) is 11.5 Å². The Morgan fingerprint density at radius 1 is 1.18 bits per heavy atom. The molecule has 0 bridgehead atoms. The van der Waals surface area contributed by atoms with Gasteiger partial charge in [0.25, 0.3) is 0 Å². The quantitative estimate of drug-likeness (QED) is 0.787. The number of hydrogen-bond acceptors (Lipinski definition) is 5. The number of nitrogens with two attached hydrogens (primary N) is 1. The van der Waals surface area contributed by atoms with Crippen LogP contribution >= 0.6 is 0 Å². The Balaban J connectivity index is 1.66. The number of hydrogen-bond donors (Lipinski definition) is 1. The van der Waals surface area contributed by atoms with Crippen LogP contribution in [-0.2, 0) is 9.47 Å². The molecule has 0 unspecified atom stereocenters. The zero-order chi connectivity index (χ0) is 11.7. The summed E-state index contributed by atoms with van der Waals surface area (Å²) in [7, 11) is 0. The Hall–Kier alpha value is -1.33. The predicted molar refractivity (Wildman–Crippen MR) is 64.7 cm³/mol. The molecule has 1 aromatic rings. The molecule has 1 aromatic heterocycles. The maximum atomic E-state index is 5.70. The average molecular weight is 235 g/mol. The van der Waals surface area contributed by atoms with Crippen molar-refractivity contribution in [2.24, 2.45) is 0 Å². The second kappa shape index (κ2) is 4.16. The van der Waals surface area contributed by atoms with E-state index in [0.717, 1.165) is 44.8 Å². The molecule has 0 saturated carbocycles. The first-order valence-corrected chi connectivity index (χ1v) is 6.02. The smallest absolute Gasteiger partial charge is 0.171 e. The van der Waals surface area contributed by atoms with Gasteiger partial charge in [0, 0.05) is 25.9 Å². The fourth-order valence-corrected chi connectivity index (χ4v) is 2.48. The monoisotopic (exact) mass is 235 g/mol. The lowest BCUT2D eigenvalue weighted by molar-refractivity contribution is -0.169. The zero-order valence-electron chi connectivity index (χ0n) is 9.76. The number of aromatic nitrogens is 1. The van der Waals surface area contributed by atoms with Gasteiger partial charge in [-0.3, -0.25) is 0 Å². The highest BCUT2D eigenvalue weighted by Gasteiger charge is 2.39. The summed E-state index contributed by atoms with van der Waals surface area (Å²) < 4.78 is 11.4. The molecule has 3 rings (SSSR count). The molecule has 92 valence electrons. The molecule has 3 heterocycles. The van der Waals surface area contributed by atoms with Crippen LogP contribution in [0.1, 0.15) is 12.8 Å². The molecule has 5 nitrogen and oxygen atoms in total. The highest BCUT2D eigenvalue weighted by molar-refractivity contribution is 5.48. The maximum Gasteiger partial charge on any atom is 0.171 e. The van der Waals surface area contributed by atoms with Gasteiger partial charge in [0.2, 0.25) is 0 Å². The summed E-state index contributed by atoms with van der Waals surface area (Å²) in [6.45, 7) is 3.32. The van der Waals surface area contributed by atoms with Gasteiger partial charge in [-0.05, 0) is 12.1 Å². The number of nitrogens with zero attached hydrogens (tertiary/aromatic N) is 2. The van der Waals surface area contributed by atoms with Crippen molar-refractivity contribution in [1.82, 2.24) is 4.98 Å². The lowest BCUT2D eigenvalue weighted by atomic mass is 10.0. The summed E-state index contributed by atoms with van der Waals surface area (Å²) in [5, 5.41) is 0. The molecule has 0 amide bonds. The van der Waals surface area contributed by atoms with E-state index in [2.05, 4.69) is 9.88 Å².